The third kappa shape index (κ3) is 5.20. The van der Waals surface area contributed by atoms with Crippen LogP contribution >= 0.6 is 12.8 Å². The molecular weight excluding hydrogens is 452 g/mol. The first kappa shape index (κ1) is 23.9. The topological polar surface area (TPSA) is 131 Å². The number of carbonyl (C=O) groups is 4. The van der Waals surface area contributed by atoms with Crippen molar-refractivity contribution in [2.45, 2.75) is 13.5 Å². The maximum absolute atomic E-state index is 13.0. The van der Waals surface area contributed by atoms with E-state index >= 15 is 0 Å². The number of aromatic hydroxyl groups is 1. The lowest BCUT2D eigenvalue weighted by molar-refractivity contribution is -0.145. The average Bonchev–Trinajstić information content (AvgIpc) is 3.11. The van der Waals surface area contributed by atoms with Crippen molar-refractivity contribution in [1.82, 2.24) is 9.62 Å². The Balaban J connectivity index is 1.76. The Hall–Kier alpha value is -3.73. The minimum absolute atomic E-state index is 0.0238. The molecule has 2 N–H and O–H groups in total. The number of Topliss-reactive ketones (excluding diaryl/α,β-unsaturated/α-hetero) is 1. The Morgan fingerprint density at radius 3 is 2.64 bits per heavy atom. The number of phenolic OH excluding ortho intramolecular Hbond substituents is 1. The van der Waals surface area contributed by atoms with Gasteiger partial charge in [-0.05, 0) is 30.7 Å². The van der Waals surface area contributed by atoms with Crippen LogP contribution in [-0.4, -0.2) is 60.4 Å². The second kappa shape index (κ2) is 10.3. The van der Waals surface area contributed by atoms with Crippen LogP contribution in [0.1, 0.15) is 43.6 Å². The number of hydrogen-bond acceptors (Lipinski definition) is 9. The molecule has 2 aromatic rings. The zero-order valence-electron chi connectivity index (χ0n) is 17.9. The van der Waals surface area contributed by atoms with E-state index in [4.69, 9.17) is 14.2 Å². The number of ketones is 1. The van der Waals surface area contributed by atoms with Crippen LogP contribution in [0.5, 0.6) is 17.2 Å². The summed E-state index contributed by atoms with van der Waals surface area (Å²) in [4.78, 5) is 50.2. The second-order valence-electron chi connectivity index (χ2n) is 7.01. The van der Waals surface area contributed by atoms with Crippen molar-refractivity contribution in [1.29, 1.82) is 0 Å². The van der Waals surface area contributed by atoms with Crippen molar-refractivity contribution in [3.63, 3.8) is 0 Å². The Morgan fingerprint density at radius 1 is 1.21 bits per heavy atom. The van der Waals surface area contributed by atoms with E-state index in [0.717, 1.165) is 0 Å². The molecule has 2 amide bonds. The Morgan fingerprint density at radius 2 is 1.97 bits per heavy atom. The summed E-state index contributed by atoms with van der Waals surface area (Å²) in [5.74, 6) is -2.22. The van der Waals surface area contributed by atoms with Crippen molar-refractivity contribution >= 4 is 36.4 Å². The summed E-state index contributed by atoms with van der Waals surface area (Å²) in [5.41, 5.74) is 1.20. The summed E-state index contributed by atoms with van der Waals surface area (Å²) in [7, 11) is 1.31. The van der Waals surface area contributed by atoms with Crippen molar-refractivity contribution in [2.75, 3.05) is 26.9 Å². The molecule has 174 valence electrons. The molecule has 10 nitrogen and oxygen atoms in total. The average molecular weight is 474 g/mol. The number of phenols is 1. The number of amides is 2. The van der Waals surface area contributed by atoms with Gasteiger partial charge >= 0.3 is 5.97 Å². The summed E-state index contributed by atoms with van der Waals surface area (Å²) in [6.45, 7) is 1.28. The van der Waals surface area contributed by atoms with Crippen molar-refractivity contribution in [2.24, 2.45) is 0 Å². The van der Waals surface area contributed by atoms with Gasteiger partial charge in [-0.2, -0.15) is 0 Å². The highest BCUT2D eigenvalue weighted by Gasteiger charge is 2.31. The largest absolute Gasteiger partial charge is 0.507 e. The molecule has 0 fully saturated rings. The molecule has 1 aliphatic rings. The van der Waals surface area contributed by atoms with Crippen LogP contribution in [-0.2, 0) is 16.1 Å². The molecule has 0 aliphatic carbocycles. The highest BCUT2D eigenvalue weighted by Crippen LogP contribution is 2.34. The molecule has 11 heteroatoms. The predicted octanol–water partition coefficient (Wildman–Crippen LogP) is 1.76. The van der Waals surface area contributed by atoms with E-state index in [9.17, 15) is 24.3 Å². The Labute approximate surface area is 195 Å². The number of fused-ring (bicyclic) bond motifs is 1. The number of nitrogens with zero attached hydrogens (tertiary/aromatic N) is 1. The van der Waals surface area contributed by atoms with Crippen LogP contribution in [0.25, 0.3) is 0 Å². The standard InChI is InChI=1S/C22H22N2O8S/c1-3-31-19(27)11-32-14-7-16(25)20(18(8-14)30-2)17(26)10-24-9-13-6-12(21(28)23-33)4-5-15(13)22(24)29/h4-8,25,33H,3,9-11H2,1-2H3,(H,23,28). The first-order chi connectivity index (χ1) is 15.8. The third-order valence-corrected chi connectivity index (χ3v) is 5.10. The third-order valence-electron chi connectivity index (χ3n) is 4.90. The number of carbonyl (C=O) groups excluding carboxylic acids is 4. The Bertz CT molecular complexity index is 1120. The fourth-order valence-electron chi connectivity index (χ4n) is 3.41. The molecule has 2 aromatic carbocycles. The van der Waals surface area contributed by atoms with E-state index in [1.54, 1.807) is 13.0 Å². The predicted molar refractivity (Wildman–Crippen MR) is 119 cm³/mol. The SMILES string of the molecule is CCOC(=O)COc1cc(O)c(C(=O)CN2Cc3cc(C(=O)NS)ccc3C2=O)c(OC)c1. The van der Waals surface area contributed by atoms with Crippen LogP contribution in [0.4, 0.5) is 0 Å². The number of esters is 1. The molecule has 0 spiro atoms. The summed E-state index contributed by atoms with van der Waals surface area (Å²) < 4.78 is 17.5. The van der Waals surface area contributed by atoms with E-state index in [-0.39, 0.29) is 49.3 Å². The fraction of sp³-hybridized carbons (Fsp3) is 0.273. The highest BCUT2D eigenvalue weighted by molar-refractivity contribution is 7.78. The van der Waals surface area contributed by atoms with Gasteiger partial charge < -0.3 is 24.2 Å². The zero-order chi connectivity index (χ0) is 24.1. The molecule has 1 heterocycles. The van der Waals surface area contributed by atoms with Gasteiger partial charge in [0.05, 0.1) is 20.3 Å². The summed E-state index contributed by atoms with van der Waals surface area (Å²) in [6, 6.07) is 7.12. The van der Waals surface area contributed by atoms with Crippen LogP contribution in [0.3, 0.4) is 0 Å². The maximum atomic E-state index is 13.0. The zero-order valence-corrected chi connectivity index (χ0v) is 18.8. The van der Waals surface area contributed by atoms with Gasteiger partial charge in [-0.25, -0.2) is 4.79 Å². The van der Waals surface area contributed by atoms with E-state index in [2.05, 4.69) is 17.5 Å². The molecule has 0 atom stereocenters. The van der Waals surface area contributed by atoms with Crippen molar-refractivity contribution in [3.8, 4) is 17.2 Å². The van der Waals surface area contributed by atoms with Crippen LogP contribution in [0.2, 0.25) is 0 Å². The lowest BCUT2D eigenvalue weighted by Gasteiger charge is -2.17. The van der Waals surface area contributed by atoms with Crippen molar-refractivity contribution < 1.29 is 38.5 Å². The molecule has 33 heavy (non-hydrogen) atoms. The molecule has 0 unspecified atom stereocenters. The van der Waals surface area contributed by atoms with E-state index in [1.165, 1.54) is 36.3 Å². The fourth-order valence-corrected chi connectivity index (χ4v) is 3.54. The molecule has 0 saturated heterocycles. The van der Waals surface area contributed by atoms with Gasteiger partial charge in [-0.3, -0.25) is 19.1 Å². The Kier molecular flexibility index (Phi) is 7.44. The number of benzene rings is 2. The van der Waals surface area contributed by atoms with E-state index in [0.29, 0.717) is 16.7 Å². The lowest BCUT2D eigenvalue weighted by atomic mass is 10.1. The number of methoxy groups -OCH3 is 1. The van der Waals surface area contributed by atoms with E-state index < -0.39 is 23.4 Å². The molecule has 1 aliphatic heterocycles. The highest BCUT2D eigenvalue weighted by atomic mass is 32.1. The van der Waals surface area contributed by atoms with Gasteiger partial charge in [-0.1, -0.05) is 12.8 Å². The normalized spacial score (nSPS) is 12.2. The van der Waals surface area contributed by atoms with Gasteiger partial charge in [-0.15, -0.1) is 0 Å². The maximum Gasteiger partial charge on any atom is 0.344 e. The lowest BCUT2D eigenvalue weighted by Crippen LogP contribution is -2.30. The molecule has 0 bridgehead atoms. The summed E-state index contributed by atoms with van der Waals surface area (Å²) in [5, 5.41) is 10.4. The number of rotatable bonds is 9. The molecular formula is C22H22N2O8S. The number of hydrogen-bond donors (Lipinski definition) is 3. The summed E-state index contributed by atoms with van der Waals surface area (Å²) >= 11 is 3.73. The van der Waals surface area contributed by atoms with Crippen LogP contribution in [0, 0.1) is 0 Å². The van der Waals surface area contributed by atoms with Gasteiger partial charge in [0.2, 0.25) is 0 Å². The first-order valence-electron chi connectivity index (χ1n) is 9.88. The van der Waals surface area contributed by atoms with Gasteiger partial charge in [0, 0.05) is 29.8 Å². The molecule has 0 radical (unpaired) electrons. The second-order valence-corrected chi connectivity index (χ2v) is 7.23. The van der Waals surface area contributed by atoms with Crippen molar-refractivity contribution in [3.05, 3.63) is 52.6 Å². The molecule has 3 rings (SSSR count). The van der Waals surface area contributed by atoms with Crippen LogP contribution < -0.4 is 14.2 Å². The number of nitrogens with one attached hydrogen (secondary N) is 1. The van der Waals surface area contributed by atoms with Crippen LogP contribution in [0.15, 0.2) is 30.3 Å². The minimum Gasteiger partial charge on any atom is -0.507 e. The monoisotopic (exact) mass is 474 g/mol. The van der Waals surface area contributed by atoms with Gasteiger partial charge in [0.15, 0.2) is 12.4 Å². The van der Waals surface area contributed by atoms with Gasteiger partial charge in [0.1, 0.15) is 22.8 Å². The number of ether oxygens (including phenoxy) is 3. The molecule has 0 saturated carbocycles. The van der Waals surface area contributed by atoms with Gasteiger partial charge in [0.25, 0.3) is 11.8 Å². The number of thiol groups is 1. The smallest absolute Gasteiger partial charge is 0.344 e. The first-order valence-corrected chi connectivity index (χ1v) is 10.3. The molecule has 0 aromatic heterocycles. The quantitative estimate of drug-likeness (QED) is 0.285. The minimum atomic E-state index is -0.585. The van der Waals surface area contributed by atoms with E-state index in [1.807, 2.05) is 0 Å². The summed E-state index contributed by atoms with van der Waals surface area (Å²) in [6.07, 6.45) is 0.